The quantitative estimate of drug-likeness (QED) is 0.493. The van der Waals surface area contributed by atoms with Gasteiger partial charge in [0.15, 0.2) is 18.1 Å². The van der Waals surface area contributed by atoms with Gasteiger partial charge in [-0.15, -0.1) is 0 Å². The van der Waals surface area contributed by atoms with Crippen LogP contribution < -0.4 is 19.6 Å². The van der Waals surface area contributed by atoms with E-state index in [2.05, 4.69) is 10.5 Å². The highest BCUT2D eigenvalue weighted by molar-refractivity contribution is 6.34. The molecule has 0 aromatic heterocycles. The average Bonchev–Trinajstić information content (AvgIpc) is 2.65. The second kappa shape index (κ2) is 10.6. The molecule has 1 N–H and O–H groups in total. The summed E-state index contributed by atoms with van der Waals surface area (Å²) < 4.78 is 16.4. The van der Waals surface area contributed by atoms with E-state index in [1.54, 1.807) is 24.3 Å². The van der Waals surface area contributed by atoms with Crippen LogP contribution in [0, 0.1) is 0 Å². The maximum absolute atomic E-state index is 11.8. The molecule has 0 atom stereocenters. The van der Waals surface area contributed by atoms with Crippen LogP contribution in [0.5, 0.6) is 17.2 Å². The molecule has 0 aliphatic carbocycles. The Morgan fingerprint density at radius 1 is 1.00 bits per heavy atom. The molecule has 0 radical (unpaired) electrons. The van der Waals surface area contributed by atoms with E-state index in [4.69, 9.17) is 37.4 Å². The van der Waals surface area contributed by atoms with Crippen molar-refractivity contribution < 1.29 is 19.0 Å². The second-order valence-electron chi connectivity index (χ2n) is 5.23. The third-order valence-electron chi connectivity index (χ3n) is 3.22. The number of carbonyl (C=O) groups is 1. The standard InChI is InChI=1S/C19H20Cl2N2O4/c1-3-25-16-8-5-13(9-18(16)26-4-2)11-22-23-19(24)12-27-17-10-14(20)6-7-15(17)21/h5-11H,3-4,12H2,1-2H3,(H,23,24). The smallest absolute Gasteiger partial charge is 0.277 e. The van der Waals surface area contributed by atoms with Gasteiger partial charge < -0.3 is 14.2 Å². The van der Waals surface area contributed by atoms with Crippen molar-refractivity contribution >= 4 is 35.3 Å². The minimum atomic E-state index is -0.432. The predicted octanol–water partition coefficient (Wildman–Crippen LogP) is 4.32. The molecular formula is C19H20Cl2N2O4. The van der Waals surface area contributed by atoms with Crippen LogP contribution in [0.3, 0.4) is 0 Å². The minimum absolute atomic E-state index is 0.245. The summed E-state index contributed by atoms with van der Waals surface area (Å²) >= 11 is 11.8. The Hall–Kier alpha value is -2.44. The summed E-state index contributed by atoms with van der Waals surface area (Å²) in [6.45, 7) is 4.61. The molecule has 6 nitrogen and oxygen atoms in total. The van der Waals surface area contributed by atoms with Gasteiger partial charge in [-0.2, -0.15) is 5.10 Å². The maximum atomic E-state index is 11.8. The second-order valence-corrected chi connectivity index (χ2v) is 6.07. The molecule has 0 heterocycles. The van der Waals surface area contributed by atoms with E-state index in [1.165, 1.54) is 12.3 Å². The molecule has 2 aromatic rings. The van der Waals surface area contributed by atoms with Crippen LogP contribution in [-0.2, 0) is 4.79 Å². The Kier molecular flexibility index (Phi) is 8.23. The van der Waals surface area contributed by atoms with Gasteiger partial charge in [-0.05, 0) is 49.7 Å². The number of halogens is 2. The van der Waals surface area contributed by atoms with Gasteiger partial charge in [0.2, 0.25) is 0 Å². The molecule has 27 heavy (non-hydrogen) atoms. The summed E-state index contributed by atoms with van der Waals surface area (Å²) in [5.74, 6) is 1.18. The number of ether oxygens (including phenoxy) is 3. The van der Waals surface area contributed by atoms with Gasteiger partial charge in [0.05, 0.1) is 24.5 Å². The first-order valence-electron chi connectivity index (χ1n) is 8.32. The van der Waals surface area contributed by atoms with Crippen LogP contribution in [0.15, 0.2) is 41.5 Å². The molecule has 144 valence electrons. The molecule has 8 heteroatoms. The zero-order valence-corrected chi connectivity index (χ0v) is 16.5. The van der Waals surface area contributed by atoms with Crippen molar-refractivity contribution in [2.24, 2.45) is 5.10 Å². The number of hydrogen-bond acceptors (Lipinski definition) is 5. The normalized spacial score (nSPS) is 10.7. The van der Waals surface area contributed by atoms with Gasteiger partial charge in [0.1, 0.15) is 5.75 Å². The summed E-state index contributed by atoms with van der Waals surface area (Å²) in [7, 11) is 0. The van der Waals surface area contributed by atoms with Gasteiger partial charge >= 0.3 is 0 Å². The molecule has 1 amide bonds. The van der Waals surface area contributed by atoms with E-state index in [9.17, 15) is 4.79 Å². The Morgan fingerprint density at radius 2 is 1.74 bits per heavy atom. The summed E-state index contributed by atoms with van der Waals surface area (Å²) in [4.78, 5) is 11.8. The number of nitrogens with zero attached hydrogens (tertiary/aromatic N) is 1. The first-order chi connectivity index (χ1) is 13.0. The van der Waals surface area contributed by atoms with Crippen molar-refractivity contribution in [2.75, 3.05) is 19.8 Å². The molecular weight excluding hydrogens is 391 g/mol. The fourth-order valence-corrected chi connectivity index (χ4v) is 2.42. The van der Waals surface area contributed by atoms with Gasteiger partial charge in [-0.3, -0.25) is 4.79 Å². The molecule has 0 aliphatic heterocycles. The van der Waals surface area contributed by atoms with E-state index in [0.717, 1.165) is 5.56 Å². The molecule has 0 bridgehead atoms. The van der Waals surface area contributed by atoms with E-state index < -0.39 is 5.91 Å². The zero-order valence-electron chi connectivity index (χ0n) is 15.0. The van der Waals surface area contributed by atoms with Crippen LogP contribution in [0.4, 0.5) is 0 Å². The Bertz CT molecular complexity index is 812. The van der Waals surface area contributed by atoms with Gasteiger partial charge in [-0.25, -0.2) is 5.43 Å². The van der Waals surface area contributed by atoms with Crippen LogP contribution in [0.1, 0.15) is 19.4 Å². The SMILES string of the molecule is CCOc1ccc(C=NNC(=O)COc2cc(Cl)ccc2Cl)cc1OCC. The number of hydrogen-bond donors (Lipinski definition) is 1. The average molecular weight is 411 g/mol. The highest BCUT2D eigenvalue weighted by atomic mass is 35.5. The lowest BCUT2D eigenvalue weighted by atomic mass is 10.2. The summed E-state index contributed by atoms with van der Waals surface area (Å²) in [6, 6.07) is 10.2. The topological polar surface area (TPSA) is 69.2 Å². The lowest BCUT2D eigenvalue weighted by Gasteiger charge is -2.11. The van der Waals surface area contributed by atoms with E-state index in [1.807, 2.05) is 19.9 Å². The number of rotatable bonds is 9. The number of nitrogens with one attached hydrogen (secondary N) is 1. The van der Waals surface area contributed by atoms with Crippen LogP contribution in [0.2, 0.25) is 10.0 Å². The van der Waals surface area contributed by atoms with Crippen molar-refractivity contribution in [2.45, 2.75) is 13.8 Å². The first kappa shape index (κ1) is 20.9. The summed E-state index contributed by atoms with van der Waals surface area (Å²) in [6.07, 6.45) is 1.50. The Balaban J connectivity index is 1.91. The largest absolute Gasteiger partial charge is 0.490 e. The van der Waals surface area contributed by atoms with Crippen LogP contribution in [-0.4, -0.2) is 31.9 Å². The number of benzene rings is 2. The molecule has 0 saturated carbocycles. The molecule has 0 saturated heterocycles. The van der Waals surface area contributed by atoms with E-state index >= 15 is 0 Å². The molecule has 0 spiro atoms. The number of hydrazone groups is 1. The fourth-order valence-electron chi connectivity index (χ4n) is 2.09. The van der Waals surface area contributed by atoms with Crippen molar-refractivity contribution in [3.63, 3.8) is 0 Å². The van der Waals surface area contributed by atoms with Gasteiger partial charge in [0.25, 0.3) is 5.91 Å². The van der Waals surface area contributed by atoms with Crippen LogP contribution in [0.25, 0.3) is 0 Å². The summed E-state index contributed by atoms with van der Waals surface area (Å²) in [5.41, 5.74) is 3.14. The minimum Gasteiger partial charge on any atom is -0.490 e. The zero-order chi connectivity index (χ0) is 19.6. The molecule has 0 aliphatic rings. The maximum Gasteiger partial charge on any atom is 0.277 e. The third-order valence-corrected chi connectivity index (χ3v) is 3.77. The van der Waals surface area contributed by atoms with Crippen molar-refractivity contribution in [1.29, 1.82) is 0 Å². The van der Waals surface area contributed by atoms with Crippen molar-refractivity contribution in [3.05, 3.63) is 52.0 Å². The number of amides is 1. The van der Waals surface area contributed by atoms with Gasteiger partial charge in [-0.1, -0.05) is 23.2 Å². The molecule has 0 unspecified atom stereocenters. The van der Waals surface area contributed by atoms with E-state index in [0.29, 0.717) is 40.5 Å². The summed E-state index contributed by atoms with van der Waals surface area (Å²) in [5, 5.41) is 4.75. The third kappa shape index (κ3) is 6.66. The first-order valence-corrected chi connectivity index (χ1v) is 9.08. The molecule has 2 aromatic carbocycles. The number of carbonyl (C=O) groups excluding carboxylic acids is 1. The van der Waals surface area contributed by atoms with E-state index in [-0.39, 0.29) is 6.61 Å². The fraction of sp³-hybridized carbons (Fsp3) is 0.263. The highest BCUT2D eigenvalue weighted by Gasteiger charge is 2.07. The lowest BCUT2D eigenvalue weighted by molar-refractivity contribution is -0.123. The Morgan fingerprint density at radius 3 is 2.48 bits per heavy atom. The molecule has 0 fully saturated rings. The Labute approximate surface area is 168 Å². The van der Waals surface area contributed by atoms with Crippen molar-refractivity contribution in [1.82, 2.24) is 5.43 Å². The predicted molar refractivity (Wildman–Crippen MR) is 106 cm³/mol. The van der Waals surface area contributed by atoms with Crippen molar-refractivity contribution in [3.8, 4) is 17.2 Å². The monoisotopic (exact) mass is 410 g/mol. The van der Waals surface area contributed by atoms with Gasteiger partial charge in [0, 0.05) is 11.1 Å². The highest BCUT2D eigenvalue weighted by Crippen LogP contribution is 2.28. The molecule has 2 rings (SSSR count). The lowest BCUT2D eigenvalue weighted by Crippen LogP contribution is -2.24. The van der Waals surface area contributed by atoms with Crippen LogP contribution >= 0.6 is 23.2 Å².